The molecule has 0 spiro atoms. The van der Waals surface area contributed by atoms with Crippen molar-refractivity contribution in [3.8, 4) is 17.1 Å². The SMILES string of the molecule is O=C(COc1ccc(Cl)cc1)N/N=C\c1ccc(-c2ccc(Cl)cc2)o1. The van der Waals surface area contributed by atoms with Crippen LogP contribution in [0.2, 0.25) is 10.0 Å². The van der Waals surface area contributed by atoms with E-state index in [2.05, 4.69) is 10.5 Å². The summed E-state index contributed by atoms with van der Waals surface area (Å²) in [5.41, 5.74) is 3.27. The second-order valence-corrected chi connectivity index (χ2v) is 6.12. The number of carbonyl (C=O) groups excluding carboxylic acids is 1. The van der Waals surface area contributed by atoms with E-state index in [1.54, 1.807) is 42.5 Å². The number of nitrogens with zero attached hydrogens (tertiary/aromatic N) is 1. The number of benzene rings is 2. The van der Waals surface area contributed by atoms with Crippen molar-refractivity contribution in [3.05, 3.63) is 76.5 Å². The van der Waals surface area contributed by atoms with Gasteiger partial charge >= 0.3 is 0 Å². The van der Waals surface area contributed by atoms with E-state index in [1.807, 2.05) is 18.2 Å². The molecule has 26 heavy (non-hydrogen) atoms. The summed E-state index contributed by atoms with van der Waals surface area (Å²) in [7, 11) is 0. The number of halogens is 2. The predicted molar refractivity (Wildman–Crippen MR) is 102 cm³/mol. The summed E-state index contributed by atoms with van der Waals surface area (Å²) < 4.78 is 11.0. The van der Waals surface area contributed by atoms with Crippen LogP contribution in [-0.2, 0) is 4.79 Å². The Morgan fingerprint density at radius 2 is 1.65 bits per heavy atom. The average Bonchev–Trinajstić information content (AvgIpc) is 3.11. The molecule has 2 aromatic carbocycles. The maximum Gasteiger partial charge on any atom is 0.277 e. The topological polar surface area (TPSA) is 63.8 Å². The van der Waals surface area contributed by atoms with Crippen LogP contribution >= 0.6 is 23.2 Å². The van der Waals surface area contributed by atoms with Crippen molar-refractivity contribution < 1.29 is 13.9 Å². The number of nitrogens with one attached hydrogen (secondary N) is 1. The molecule has 0 saturated heterocycles. The molecule has 5 nitrogen and oxygen atoms in total. The number of hydrogen-bond donors (Lipinski definition) is 1. The fourth-order valence-electron chi connectivity index (χ4n) is 2.07. The predicted octanol–water partition coefficient (Wildman–Crippen LogP) is 4.78. The third-order valence-corrected chi connectivity index (χ3v) is 3.82. The molecule has 0 aliphatic carbocycles. The molecule has 1 heterocycles. The van der Waals surface area contributed by atoms with Gasteiger partial charge in [-0.25, -0.2) is 5.43 Å². The molecule has 132 valence electrons. The number of carbonyl (C=O) groups is 1. The first-order valence-electron chi connectivity index (χ1n) is 7.66. The van der Waals surface area contributed by atoms with Gasteiger partial charge in [0.15, 0.2) is 6.61 Å². The summed E-state index contributed by atoms with van der Waals surface area (Å²) in [6.45, 7) is -0.160. The van der Waals surface area contributed by atoms with Crippen LogP contribution in [0.3, 0.4) is 0 Å². The van der Waals surface area contributed by atoms with Crippen molar-refractivity contribution in [1.82, 2.24) is 5.43 Å². The van der Waals surface area contributed by atoms with E-state index in [4.69, 9.17) is 32.4 Å². The molecule has 0 radical (unpaired) electrons. The van der Waals surface area contributed by atoms with Crippen molar-refractivity contribution in [2.45, 2.75) is 0 Å². The molecule has 1 amide bonds. The molecule has 0 aliphatic heterocycles. The lowest BCUT2D eigenvalue weighted by Crippen LogP contribution is -2.24. The Morgan fingerprint density at radius 3 is 2.35 bits per heavy atom. The van der Waals surface area contributed by atoms with Gasteiger partial charge < -0.3 is 9.15 Å². The summed E-state index contributed by atoms with van der Waals surface area (Å²) in [5.74, 6) is 1.35. The van der Waals surface area contributed by atoms with Crippen molar-refractivity contribution in [2.75, 3.05) is 6.61 Å². The molecule has 7 heteroatoms. The molecule has 0 bridgehead atoms. The molecule has 0 unspecified atom stereocenters. The van der Waals surface area contributed by atoms with Gasteiger partial charge in [0.25, 0.3) is 5.91 Å². The molecule has 0 aliphatic rings. The lowest BCUT2D eigenvalue weighted by molar-refractivity contribution is -0.123. The van der Waals surface area contributed by atoms with Gasteiger partial charge in [-0.2, -0.15) is 5.10 Å². The summed E-state index contributed by atoms with van der Waals surface area (Å²) >= 11 is 11.6. The summed E-state index contributed by atoms with van der Waals surface area (Å²) in [6.07, 6.45) is 1.42. The Labute approximate surface area is 160 Å². The van der Waals surface area contributed by atoms with E-state index in [0.717, 1.165) is 5.56 Å². The quantitative estimate of drug-likeness (QED) is 0.487. The zero-order chi connectivity index (χ0) is 18.4. The molecule has 0 saturated carbocycles. The van der Waals surface area contributed by atoms with Gasteiger partial charge in [0.1, 0.15) is 17.3 Å². The standard InChI is InChI=1S/C19H14Cl2N2O3/c20-14-3-1-13(2-4-14)18-10-9-17(26-18)11-22-23-19(24)12-25-16-7-5-15(21)6-8-16/h1-11H,12H2,(H,23,24)/b22-11-. The highest BCUT2D eigenvalue weighted by Gasteiger charge is 2.04. The number of hydrazone groups is 1. The molecular weight excluding hydrogens is 375 g/mol. The van der Waals surface area contributed by atoms with Crippen LogP contribution in [0, 0.1) is 0 Å². The molecule has 1 N–H and O–H groups in total. The Bertz CT molecular complexity index is 903. The number of amides is 1. The Kier molecular flexibility index (Phi) is 5.94. The van der Waals surface area contributed by atoms with Crippen LogP contribution in [0.5, 0.6) is 5.75 Å². The van der Waals surface area contributed by atoms with Gasteiger partial charge in [-0.05, 0) is 60.7 Å². The minimum atomic E-state index is -0.388. The summed E-state index contributed by atoms with van der Waals surface area (Å²) in [5, 5.41) is 5.11. The zero-order valence-electron chi connectivity index (χ0n) is 13.5. The van der Waals surface area contributed by atoms with E-state index >= 15 is 0 Å². The maximum atomic E-state index is 11.7. The lowest BCUT2D eigenvalue weighted by Gasteiger charge is -2.04. The van der Waals surface area contributed by atoms with Crippen LogP contribution in [0.4, 0.5) is 0 Å². The summed E-state index contributed by atoms with van der Waals surface area (Å²) in [6, 6.07) is 17.6. The van der Waals surface area contributed by atoms with Crippen molar-refractivity contribution in [2.24, 2.45) is 5.10 Å². The minimum absolute atomic E-state index is 0.160. The van der Waals surface area contributed by atoms with Crippen LogP contribution < -0.4 is 10.2 Å². The summed E-state index contributed by atoms with van der Waals surface area (Å²) in [4.78, 5) is 11.7. The molecule has 3 aromatic rings. The van der Waals surface area contributed by atoms with E-state index in [0.29, 0.717) is 27.3 Å². The minimum Gasteiger partial charge on any atom is -0.484 e. The second kappa shape index (κ2) is 8.56. The first-order valence-corrected chi connectivity index (χ1v) is 8.42. The van der Waals surface area contributed by atoms with Gasteiger partial charge in [-0.3, -0.25) is 4.79 Å². The van der Waals surface area contributed by atoms with Gasteiger partial charge in [-0.15, -0.1) is 0 Å². The van der Waals surface area contributed by atoms with Gasteiger partial charge in [0, 0.05) is 15.6 Å². The van der Waals surface area contributed by atoms with Crippen LogP contribution in [0.1, 0.15) is 5.76 Å². The van der Waals surface area contributed by atoms with Gasteiger partial charge in [0.2, 0.25) is 0 Å². The average molecular weight is 389 g/mol. The normalized spacial score (nSPS) is 10.8. The lowest BCUT2D eigenvalue weighted by atomic mass is 10.2. The Morgan fingerprint density at radius 1 is 1.00 bits per heavy atom. The van der Waals surface area contributed by atoms with E-state index in [-0.39, 0.29) is 12.5 Å². The molecule has 0 fully saturated rings. The van der Waals surface area contributed by atoms with E-state index in [1.165, 1.54) is 6.21 Å². The molecule has 0 atom stereocenters. The number of furan rings is 1. The number of ether oxygens (including phenoxy) is 1. The molecule has 1 aromatic heterocycles. The van der Waals surface area contributed by atoms with Crippen LogP contribution in [0.25, 0.3) is 11.3 Å². The first kappa shape index (κ1) is 18.0. The van der Waals surface area contributed by atoms with Crippen molar-refractivity contribution in [1.29, 1.82) is 0 Å². The fourth-order valence-corrected chi connectivity index (χ4v) is 2.32. The number of hydrogen-bond acceptors (Lipinski definition) is 4. The highest BCUT2D eigenvalue weighted by atomic mass is 35.5. The van der Waals surface area contributed by atoms with E-state index in [9.17, 15) is 4.79 Å². The van der Waals surface area contributed by atoms with Crippen molar-refractivity contribution >= 4 is 35.3 Å². The maximum absolute atomic E-state index is 11.7. The third-order valence-electron chi connectivity index (χ3n) is 3.32. The monoisotopic (exact) mass is 388 g/mol. The zero-order valence-corrected chi connectivity index (χ0v) is 15.0. The first-order chi connectivity index (χ1) is 12.6. The third kappa shape index (κ3) is 5.12. The number of rotatable bonds is 6. The van der Waals surface area contributed by atoms with Crippen LogP contribution in [0.15, 0.2) is 70.2 Å². The van der Waals surface area contributed by atoms with E-state index < -0.39 is 0 Å². The van der Waals surface area contributed by atoms with Crippen molar-refractivity contribution in [3.63, 3.8) is 0 Å². The van der Waals surface area contributed by atoms with Gasteiger partial charge in [-0.1, -0.05) is 23.2 Å². The Hall–Kier alpha value is -2.76. The highest BCUT2D eigenvalue weighted by molar-refractivity contribution is 6.30. The highest BCUT2D eigenvalue weighted by Crippen LogP contribution is 2.23. The van der Waals surface area contributed by atoms with Crippen LogP contribution in [-0.4, -0.2) is 18.7 Å². The molecular formula is C19H14Cl2N2O3. The fraction of sp³-hybridized carbons (Fsp3) is 0.0526. The smallest absolute Gasteiger partial charge is 0.277 e. The Balaban J connectivity index is 1.49. The second-order valence-electron chi connectivity index (χ2n) is 5.24. The largest absolute Gasteiger partial charge is 0.484 e. The molecule has 3 rings (SSSR count). The van der Waals surface area contributed by atoms with Gasteiger partial charge in [0.05, 0.1) is 6.21 Å².